The Labute approximate surface area is 283 Å². The van der Waals surface area contributed by atoms with Crippen LogP contribution in [0.4, 0.5) is 21.6 Å². The molecule has 2 aromatic carbocycles. The Kier molecular flexibility index (Phi) is 9.28. The van der Waals surface area contributed by atoms with Gasteiger partial charge in [0.05, 0.1) is 36.7 Å². The summed E-state index contributed by atoms with van der Waals surface area (Å²) in [6, 6.07) is 16.0. The van der Waals surface area contributed by atoms with Crippen LogP contribution in [-0.4, -0.2) is 70.5 Å². The second-order valence-electron chi connectivity index (χ2n) is 12.7. The van der Waals surface area contributed by atoms with Gasteiger partial charge in [0.15, 0.2) is 0 Å². The van der Waals surface area contributed by atoms with E-state index in [0.29, 0.717) is 45.2 Å². The number of anilines is 3. The summed E-state index contributed by atoms with van der Waals surface area (Å²) in [5.74, 6) is 0.342. The average Bonchev–Trinajstić information content (AvgIpc) is 3.97. The van der Waals surface area contributed by atoms with Crippen molar-refractivity contribution >= 4 is 28.0 Å². The number of aryl methyl sites for hydroxylation is 1. The predicted molar refractivity (Wildman–Crippen MR) is 189 cm³/mol. The lowest BCUT2D eigenvalue weighted by Gasteiger charge is -2.35. The van der Waals surface area contributed by atoms with Crippen molar-refractivity contribution in [2.75, 3.05) is 56.6 Å². The lowest BCUT2D eigenvalue weighted by molar-refractivity contribution is 0.0816. The number of hydrogen-bond donors (Lipinski definition) is 3. The first kappa shape index (κ1) is 32.7. The van der Waals surface area contributed by atoms with Crippen LogP contribution in [0.3, 0.4) is 0 Å². The molecule has 3 aromatic heterocycles. The quantitative estimate of drug-likeness (QED) is 0.141. The molecule has 1 aliphatic carbocycles. The standard InChI is InChI=1S/C37H40FN7O4/c1-42-22-27(20-32(36(42)47)41-34-9-8-28(21-39-34)44-16-14-43(15-17-44)13-11-40-49-2)29-4-3-5-33(30(29)23-46)45-12-10-25-18-26(24-6-7-24)19-31(38)35(25)37(45)48/h3-5,8-10,12,18-22,24,40,46H,6-7,11,13-17,23H2,1-2H3,(H,39,41). The zero-order valence-electron chi connectivity index (χ0n) is 27.7. The number of fused-ring (bicyclic) bond motifs is 1. The Morgan fingerprint density at radius 2 is 1.84 bits per heavy atom. The number of piperazine rings is 1. The number of halogens is 1. The summed E-state index contributed by atoms with van der Waals surface area (Å²) < 4.78 is 18.1. The zero-order valence-corrected chi connectivity index (χ0v) is 27.7. The maximum absolute atomic E-state index is 15.3. The number of pyridine rings is 3. The minimum atomic E-state index is -0.537. The third-order valence-corrected chi connectivity index (χ3v) is 9.51. The van der Waals surface area contributed by atoms with Crippen molar-refractivity contribution in [3.05, 3.63) is 111 Å². The number of aliphatic hydroxyl groups is 1. The van der Waals surface area contributed by atoms with Crippen LogP contribution in [0.5, 0.6) is 0 Å². The molecule has 2 aliphatic rings. The molecule has 0 radical (unpaired) electrons. The van der Waals surface area contributed by atoms with Crippen molar-refractivity contribution < 1.29 is 14.3 Å². The molecule has 1 saturated carbocycles. The lowest BCUT2D eigenvalue weighted by Crippen LogP contribution is -2.48. The molecule has 2 fully saturated rings. The summed E-state index contributed by atoms with van der Waals surface area (Å²) in [6.45, 7) is 4.97. The van der Waals surface area contributed by atoms with Crippen LogP contribution in [0.1, 0.15) is 29.9 Å². The fourth-order valence-electron chi connectivity index (χ4n) is 6.70. The SMILES string of the molecule is CONCCN1CCN(c2ccc(Nc3cc(-c4cccc(-n5ccc6cc(C7CC7)cc(F)c6c5=O)c4CO)cn(C)c3=O)nc2)CC1. The lowest BCUT2D eigenvalue weighted by atomic mass is 9.98. The van der Waals surface area contributed by atoms with Crippen molar-refractivity contribution in [1.82, 2.24) is 24.5 Å². The van der Waals surface area contributed by atoms with E-state index in [1.807, 2.05) is 30.5 Å². The van der Waals surface area contributed by atoms with Gasteiger partial charge < -0.3 is 24.7 Å². The fourth-order valence-corrected chi connectivity index (χ4v) is 6.70. The van der Waals surface area contributed by atoms with Gasteiger partial charge in [0.2, 0.25) is 0 Å². The van der Waals surface area contributed by atoms with E-state index in [-0.39, 0.29) is 17.6 Å². The topological polar surface area (TPSA) is 117 Å². The van der Waals surface area contributed by atoms with Crippen molar-refractivity contribution in [3.63, 3.8) is 0 Å². The van der Waals surface area contributed by atoms with Crippen molar-refractivity contribution in [2.45, 2.75) is 25.4 Å². The van der Waals surface area contributed by atoms with Gasteiger partial charge in [-0.15, -0.1) is 0 Å². The Bertz CT molecular complexity index is 2100. The van der Waals surface area contributed by atoms with Gasteiger partial charge >= 0.3 is 0 Å². The van der Waals surface area contributed by atoms with Crippen LogP contribution in [-0.2, 0) is 18.5 Å². The molecule has 12 heteroatoms. The van der Waals surface area contributed by atoms with Gasteiger partial charge in [-0.1, -0.05) is 18.2 Å². The average molecular weight is 666 g/mol. The molecule has 49 heavy (non-hydrogen) atoms. The smallest absolute Gasteiger partial charge is 0.274 e. The number of nitrogens with zero attached hydrogens (tertiary/aromatic N) is 5. The van der Waals surface area contributed by atoms with Gasteiger partial charge in [0.25, 0.3) is 11.1 Å². The van der Waals surface area contributed by atoms with E-state index in [9.17, 15) is 14.7 Å². The maximum atomic E-state index is 15.3. The summed E-state index contributed by atoms with van der Waals surface area (Å²) in [4.78, 5) is 41.1. The second-order valence-corrected chi connectivity index (χ2v) is 12.7. The predicted octanol–water partition coefficient (Wildman–Crippen LogP) is 4.28. The van der Waals surface area contributed by atoms with Crippen molar-refractivity contribution in [1.29, 1.82) is 0 Å². The summed E-state index contributed by atoms with van der Waals surface area (Å²) in [5.41, 5.74) is 6.58. The molecular formula is C37H40FN7O4. The van der Waals surface area contributed by atoms with Gasteiger partial charge in [0, 0.05) is 69.8 Å². The van der Waals surface area contributed by atoms with E-state index in [1.165, 1.54) is 15.2 Å². The first-order valence-corrected chi connectivity index (χ1v) is 16.6. The second kappa shape index (κ2) is 13.9. The number of nitrogens with one attached hydrogen (secondary N) is 2. The Balaban J connectivity index is 1.14. The van der Waals surface area contributed by atoms with Crippen LogP contribution in [0.15, 0.2) is 82.8 Å². The third kappa shape index (κ3) is 6.73. The van der Waals surface area contributed by atoms with Crippen LogP contribution >= 0.6 is 0 Å². The normalized spacial score (nSPS) is 15.2. The minimum Gasteiger partial charge on any atom is -0.392 e. The van der Waals surface area contributed by atoms with E-state index >= 15 is 4.39 Å². The minimum absolute atomic E-state index is 0.0195. The third-order valence-electron chi connectivity index (χ3n) is 9.51. The highest BCUT2D eigenvalue weighted by atomic mass is 19.1. The van der Waals surface area contributed by atoms with E-state index in [4.69, 9.17) is 4.84 Å². The molecule has 11 nitrogen and oxygen atoms in total. The number of aliphatic hydroxyl groups excluding tert-OH is 1. The largest absolute Gasteiger partial charge is 0.392 e. The summed E-state index contributed by atoms with van der Waals surface area (Å²) >= 11 is 0. The van der Waals surface area contributed by atoms with Crippen LogP contribution < -0.4 is 26.8 Å². The Morgan fingerprint density at radius 3 is 2.55 bits per heavy atom. The molecule has 3 N–H and O–H groups in total. The Morgan fingerprint density at radius 1 is 1.02 bits per heavy atom. The molecule has 1 saturated heterocycles. The van der Waals surface area contributed by atoms with Gasteiger partial charge in [-0.25, -0.2) is 14.9 Å². The molecule has 0 amide bonds. The van der Waals surface area contributed by atoms with Gasteiger partial charge in [-0.3, -0.25) is 19.1 Å². The molecule has 1 aliphatic heterocycles. The van der Waals surface area contributed by atoms with Crippen LogP contribution in [0.25, 0.3) is 27.6 Å². The van der Waals surface area contributed by atoms with Gasteiger partial charge in [0.1, 0.15) is 17.3 Å². The van der Waals surface area contributed by atoms with Crippen molar-refractivity contribution in [2.24, 2.45) is 7.05 Å². The number of aromatic nitrogens is 3. The summed E-state index contributed by atoms with van der Waals surface area (Å²) in [5, 5.41) is 14.4. The first-order valence-electron chi connectivity index (χ1n) is 16.6. The molecule has 0 atom stereocenters. The van der Waals surface area contributed by atoms with Crippen molar-refractivity contribution in [3.8, 4) is 16.8 Å². The van der Waals surface area contributed by atoms with E-state index in [0.717, 1.165) is 63.4 Å². The summed E-state index contributed by atoms with van der Waals surface area (Å²) in [7, 11) is 3.28. The maximum Gasteiger partial charge on any atom is 0.274 e. The first-order chi connectivity index (χ1) is 23.8. The highest BCUT2D eigenvalue weighted by molar-refractivity contribution is 5.84. The van der Waals surface area contributed by atoms with Crippen LogP contribution in [0.2, 0.25) is 0 Å². The molecule has 0 spiro atoms. The Hall–Kier alpha value is -4.88. The zero-order chi connectivity index (χ0) is 34.1. The highest BCUT2D eigenvalue weighted by Crippen LogP contribution is 2.41. The van der Waals surface area contributed by atoms with E-state index < -0.39 is 11.4 Å². The molecule has 7 rings (SSSR count). The molecule has 254 valence electrons. The molecular weight excluding hydrogens is 625 g/mol. The highest BCUT2D eigenvalue weighted by Gasteiger charge is 2.25. The van der Waals surface area contributed by atoms with E-state index in [1.54, 1.807) is 50.8 Å². The molecule has 5 aromatic rings. The summed E-state index contributed by atoms with van der Waals surface area (Å²) in [6.07, 6.45) is 7.19. The number of rotatable bonds is 11. The molecule has 4 heterocycles. The number of hydrogen-bond acceptors (Lipinski definition) is 9. The van der Waals surface area contributed by atoms with E-state index in [2.05, 4.69) is 25.6 Å². The van der Waals surface area contributed by atoms with Gasteiger partial charge in [-0.05, 0) is 71.7 Å². The number of hydroxylamine groups is 1. The molecule has 0 bridgehead atoms. The monoisotopic (exact) mass is 665 g/mol. The molecule has 0 unspecified atom stereocenters. The fraction of sp³-hybridized carbons (Fsp3) is 0.324. The number of benzene rings is 2. The van der Waals surface area contributed by atoms with Gasteiger partial charge in [-0.2, -0.15) is 0 Å². The van der Waals surface area contributed by atoms with Crippen LogP contribution in [0, 0.1) is 5.82 Å².